The Labute approximate surface area is 118 Å². The van der Waals surface area contributed by atoms with Crippen LogP contribution in [0.3, 0.4) is 0 Å². The highest BCUT2D eigenvalue weighted by molar-refractivity contribution is 7.10. The highest BCUT2D eigenvalue weighted by Gasteiger charge is 2.39. The molecule has 0 aliphatic carbocycles. The van der Waals surface area contributed by atoms with E-state index < -0.39 is 6.43 Å². The van der Waals surface area contributed by atoms with Crippen LogP contribution in [-0.2, 0) is 0 Å². The van der Waals surface area contributed by atoms with Crippen LogP contribution in [0.5, 0.6) is 0 Å². The van der Waals surface area contributed by atoms with Gasteiger partial charge in [-0.1, -0.05) is 0 Å². The fourth-order valence-corrected chi connectivity index (χ4v) is 3.23. The summed E-state index contributed by atoms with van der Waals surface area (Å²) in [6, 6.07) is 1.31. The van der Waals surface area contributed by atoms with Crippen molar-refractivity contribution in [1.82, 2.24) is 15.1 Å². The molecule has 5 nitrogen and oxygen atoms in total. The minimum absolute atomic E-state index is 0.00455. The molecule has 2 aliphatic heterocycles. The summed E-state index contributed by atoms with van der Waals surface area (Å²) in [5, 5.41) is 4.20. The Kier molecular flexibility index (Phi) is 3.33. The minimum Gasteiger partial charge on any atom is -0.336 e. The number of nitrogens with zero attached hydrogens (tertiary/aromatic N) is 2. The third kappa shape index (κ3) is 2.13. The van der Waals surface area contributed by atoms with E-state index in [1.165, 1.54) is 16.3 Å². The van der Waals surface area contributed by atoms with Crippen molar-refractivity contribution in [3.05, 3.63) is 21.9 Å². The van der Waals surface area contributed by atoms with E-state index in [-0.39, 0.29) is 28.4 Å². The average molecular weight is 301 g/mol. The maximum Gasteiger partial charge on any atom is 0.317 e. The van der Waals surface area contributed by atoms with Gasteiger partial charge in [-0.2, -0.15) is 0 Å². The number of halogens is 2. The quantitative estimate of drug-likeness (QED) is 0.920. The predicted molar refractivity (Wildman–Crippen MR) is 69.1 cm³/mol. The van der Waals surface area contributed by atoms with Crippen molar-refractivity contribution in [1.29, 1.82) is 0 Å². The number of alkyl halides is 2. The molecule has 2 fully saturated rings. The zero-order valence-electron chi connectivity index (χ0n) is 10.5. The van der Waals surface area contributed by atoms with Crippen LogP contribution in [0.1, 0.15) is 21.7 Å². The molecule has 2 aliphatic rings. The number of rotatable bonds is 3. The molecule has 0 spiro atoms. The molecule has 20 heavy (non-hydrogen) atoms. The number of hydrogen-bond donors (Lipinski definition) is 1. The van der Waals surface area contributed by atoms with E-state index in [4.69, 9.17) is 0 Å². The van der Waals surface area contributed by atoms with Gasteiger partial charge in [0.25, 0.3) is 12.3 Å². The van der Waals surface area contributed by atoms with Gasteiger partial charge in [-0.05, 0) is 11.4 Å². The molecule has 1 aromatic heterocycles. The molecule has 2 saturated heterocycles. The summed E-state index contributed by atoms with van der Waals surface area (Å²) in [5.41, 5.74) is 0.0781. The van der Waals surface area contributed by atoms with Crippen LogP contribution in [0.2, 0.25) is 0 Å². The fourth-order valence-electron chi connectivity index (χ4n) is 2.49. The number of amides is 3. The Hall–Kier alpha value is -1.70. The Balaban J connectivity index is 1.63. The Morgan fingerprint density at radius 2 is 2.20 bits per heavy atom. The van der Waals surface area contributed by atoms with Gasteiger partial charge in [-0.15, -0.1) is 11.3 Å². The number of carbonyl (C=O) groups is 2. The molecule has 108 valence electrons. The van der Waals surface area contributed by atoms with Crippen LogP contribution in [-0.4, -0.2) is 54.0 Å². The first-order valence-corrected chi connectivity index (χ1v) is 7.15. The summed E-state index contributed by atoms with van der Waals surface area (Å²) in [6.07, 6.45) is -2.63. The van der Waals surface area contributed by atoms with Gasteiger partial charge >= 0.3 is 6.03 Å². The van der Waals surface area contributed by atoms with E-state index in [9.17, 15) is 18.4 Å². The van der Waals surface area contributed by atoms with Gasteiger partial charge in [0.15, 0.2) is 0 Å². The number of nitrogens with one attached hydrogen (secondary N) is 1. The van der Waals surface area contributed by atoms with Crippen LogP contribution in [0.15, 0.2) is 11.4 Å². The second kappa shape index (κ2) is 5.01. The van der Waals surface area contributed by atoms with Crippen LogP contribution < -0.4 is 5.32 Å². The first kappa shape index (κ1) is 13.3. The van der Waals surface area contributed by atoms with Crippen molar-refractivity contribution in [2.75, 3.05) is 26.2 Å². The molecule has 0 atom stereocenters. The van der Waals surface area contributed by atoms with Crippen molar-refractivity contribution < 1.29 is 18.4 Å². The van der Waals surface area contributed by atoms with Gasteiger partial charge in [0.05, 0.1) is 16.5 Å². The van der Waals surface area contributed by atoms with E-state index in [1.807, 2.05) is 0 Å². The maximum absolute atomic E-state index is 12.8. The fraction of sp³-hybridized carbons (Fsp3) is 0.500. The van der Waals surface area contributed by atoms with Gasteiger partial charge in [-0.25, -0.2) is 13.6 Å². The third-order valence-corrected chi connectivity index (χ3v) is 4.53. The highest BCUT2D eigenvalue weighted by atomic mass is 32.1. The molecule has 1 aromatic rings. The number of carbonyl (C=O) groups excluding carboxylic acids is 2. The number of urea groups is 1. The Morgan fingerprint density at radius 1 is 1.45 bits per heavy atom. The van der Waals surface area contributed by atoms with E-state index in [0.717, 1.165) is 11.3 Å². The van der Waals surface area contributed by atoms with Crippen molar-refractivity contribution in [2.45, 2.75) is 12.5 Å². The molecule has 3 amide bonds. The third-order valence-electron chi connectivity index (χ3n) is 3.60. The Morgan fingerprint density at radius 3 is 2.80 bits per heavy atom. The van der Waals surface area contributed by atoms with E-state index in [0.29, 0.717) is 26.2 Å². The second-order valence-corrected chi connectivity index (χ2v) is 5.74. The predicted octanol–water partition coefficient (Wildman–Crippen LogP) is 1.54. The zero-order chi connectivity index (χ0) is 14.3. The molecular formula is C12H13F2N3O2S. The van der Waals surface area contributed by atoms with Crippen LogP contribution in [0.25, 0.3) is 0 Å². The first-order chi connectivity index (χ1) is 9.58. The lowest BCUT2D eigenvalue weighted by Gasteiger charge is -2.43. The van der Waals surface area contributed by atoms with Crippen molar-refractivity contribution in [3.63, 3.8) is 0 Å². The lowest BCUT2D eigenvalue weighted by molar-refractivity contribution is 0.0401. The number of likely N-dealkylation sites (tertiary alicyclic amines) is 1. The van der Waals surface area contributed by atoms with Gasteiger partial charge in [0.1, 0.15) is 0 Å². The lowest BCUT2D eigenvalue weighted by atomic mass is 10.1. The SMILES string of the molecule is O=C(c1ccsc1C(F)F)N1CC(N2CCNC2=O)C1. The van der Waals surface area contributed by atoms with Crippen LogP contribution >= 0.6 is 11.3 Å². The zero-order valence-corrected chi connectivity index (χ0v) is 11.3. The van der Waals surface area contributed by atoms with E-state index >= 15 is 0 Å². The molecule has 3 heterocycles. The standard InChI is InChI=1S/C12H13F2N3O2S/c13-10(14)9-8(1-4-20-9)11(18)16-5-7(6-16)17-3-2-15-12(17)19/h1,4,7,10H,2-3,5-6H2,(H,15,19). The molecule has 0 radical (unpaired) electrons. The van der Waals surface area contributed by atoms with Crippen molar-refractivity contribution >= 4 is 23.3 Å². The largest absolute Gasteiger partial charge is 0.336 e. The summed E-state index contributed by atoms with van der Waals surface area (Å²) in [5.74, 6) is -0.377. The molecule has 0 aromatic carbocycles. The smallest absolute Gasteiger partial charge is 0.317 e. The molecule has 3 rings (SSSR count). The normalized spacial score (nSPS) is 19.4. The molecule has 0 saturated carbocycles. The summed E-state index contributed by atoms with van der Waals surface area (Å²) < 4.78 is 25.5. The minimum atomic E-state index is -2.63. The van der Waals surface area contributed by atoms with Crippen molar-refractivity contribution in [2.24, 2.45) is 0 Å². The number of hydrogen-bond acceptors (Lipinski definition) is 3. The summed E-state index contributed by atoms with van der Waals surface area (Å²) in [6.45, 7) is 2.06. The summed E-state index contributed by atoms with van der Waals surface area (Å²) >= 11 is 0.892. The first-order valence-electron chi connectivity index (χ1n) is 6.27. The monoisotopic (exact) mass is 301 g/mol. The number of thiophene rings is 1. The average Bonchev–Trinajstić information content (AvgIpc) is 2.96. The molecule has 0 bridgehead atoms. The summed E-state index contributed by atoms with van der Waals surface area (Å²) in [7, 11) is 0. The molecule has 0 unspecified atom stereocenters. The topological polar surface area (TPSA) is 52.7 Å². The van der Waals surface area contributed by atoms with E-state index in [2.05, 4.69) is 5.32 Å². The van der Waals surface area contributed by atoms with Gasteiger partial charge in [-0.3, -0.25) is 4.79 Å². The van der Waals surface area contributed by atoms with Crippen molar-refractivity contribution in [3.8, 4) is 0 Å². The van der Waals surface area contributed by atoms with Crippen LogP contribution in [0.4, 0.5) is 13.6 Å². The second-order valence-electron chi connectivity index (χ2n) is 4.79. The van der Waals surface area contributed by atoms with E-state index in [1.54, 1.807) is 4.90 Å². The highest BCUT2D eigenvalue weighted by Crippen LogP contribution is 2.30. The van der Waals surface area contributed by atoms with Gasteiger partial charge < -0.3 is 15.1 Å². The van der Waals surface area contributed by atoms with Gasteiger partial charge in [0.2, 0.25) is 0 Å². The molecule has 1 N–H and O–H groups in total. The molecule has 8 heteroatoms. The molecular weight excluding hydrogens is 288 g/mol. The Bertz CT molecular complexity index is 543. The summed E-state index contributed by atoms with van der Waals surface area (Å²) in [4.78, 5) is 26.6. The lowest BCUT2D eigenvalue weighted by Crippen LogP contribution is -2.61. The van der Waals surface area contributed by atoms with Crippen LogP contribution in [0, 0.1) is 0 Å². The maximum atomic E-state index is 12.8. The van der Waals surface area contributed by atoms with Gasteiger partial charge in [0, 0.05) is 26.2 Å².